The molecular weight excluding hydrogens is 420 g/mol. The molecule has 0 fully saturated rings. The van der Waals surface area contributed by atoms with Crippen molar-refractivity contribution in [1.82, 2.24) is 15.1 Å². The largest absolute Gasteiger partial charge is 0.343 e. The number of nitrogens with one attached hydrogen (secondary N) is 2. The molecule has 2 aromatic carbocycles. The first kappa shape index (κ1) is 19.8. The summed E-state index contributed by atoms with van der Waals surface area (Å²) in [6.07, 6.45) is 1.52. The lowest BCUT2D eigenvalue weighted by Gasteiger charge is -2.10. The summed E-state index contributed by atoms with van der Waals surface area (Å²) in [5.41, 5.74) is 4.79. The van der Waals surface area contributed by atoms with E-state index >= 15 is 0 Å². The summed E-state index contributed by atoms with van der Waals surface area (Å²) in [5.74, 6) is -0.622. The van der Waals surface area contributed by atoms with Crippen LogP contribution in [0.2, 0.25) is 0 Å². The molecular formula is C21H21BrN4O2. The van der Waals surface area contributed by atoms with E-state index in [1.807, 2.05) is 63.2 Å². The number of halogens is 1. The number of nitrogens with zero attached hydrogens (tertiary/aromatic N) is 2. The molecule has 0 spiro atoms. The van der Waals surface area contributed by atoms with Crippen LogP contribution in [-0.4, -0.2) is 28.1 Å². The van der Waals surface area contributed by atoms with Gasteiger partial charge in [-0.1, -0.05) is 34.1 Å². The number of anilines is 1. The molecule has 28 heavy (non-hydrogen) atoms. The molecule has 3 rings (SSSR count). The average Bonchev–Trinajstić information content (AvgIpc) is 3.04. The highest BCUT2D eigenvalue weighted by Gasteiger charge is 2.17. The summed E-state index contributed by atoms with van der Waals surface area (Å²) >= 11 is 3.39. The molecule has 0 atom stereocenters. The van der Waals surface area contributed by atoms with Gasteiger partial charge in [0.15, 0.2) is 0 Å². The Labute approximate surface area is 172 Å². The van der Waals surface area contributed by atoms with Gasteiger partial charge < -0.3 is 10.6 Å². The molecule has 0 unspecified atom stereocenters. The monoisotopic (exact) mass is 440 g/mol. The molecule has 0 radical (unpaired) electrons. The van der Waals surface area contributed by atoms with Gasteiger partial charge in [-0.15, -0.1) is 0 Å². The van der Waals surface area contributed by atoms with Gasteiger partial charge in [-0.05, 0) is 56.2 Å². The highest BCUT2D eigenvalue weighted by Crippen LogP contribution is 2.20. The standard InChI is InChI=1S/C21H21BrN4O2/c1-13-6-4-5-7-19(13)26-15(3)17(11-24-26)21(28)23-12-20(27)25-18-9-8-16(22)10-14(18)2/h4-11H,12H2,1-3H3,(H,23,28)(H,25,27). The van der Waals surface area contributed by atoms with Gasteiger partial charge >= 0.3 is 0 Å². The van der Waals surface area contributed by atoms with E-state index in [4.69, 9.17) is 0 Å². The Bertz CT molecular complexity index is 1040. The molecule has 0 aliphatic carbocycles. The fraction of sp³-hybridized carbons (Fsp3) is 0.190. The molecule has 0 aliphatic rings. The summed E-state index contributed by atoms with van der Waals surface area (Å²) in [6, 6.07) is 13.4. The Morgan fingerprint density at radius 3 is 2.54 bits per heavy atom. The number of carbonyl (C=O) groups excluding carboxylic acids is 2. The number of hydrogen-bond donors (Lipinski definition) is 2. The Hall–Kier alpha value is -2.93. The minimum atomic E-state index is -0.333. The lowest BCUT2D eigenvalue weighted by atomic mass is 10.2. The first-order chi connectivity index (χ1) is 13.4. The van der Waals surface area contributed by atoms with Crippen molar-refractivity contribution in [3.8, 4) is 5.69 Å². The topological polar surface area (TPSA) is 76.0 Å². The number of benzene rings is 2. The van der Waals surface area contributed by atoms with Crippen LogP contribution in [0.4, 0.5) is 5.69 Å². The van der Waals surface area contributed by atoms with Crippen LogP contribution in [0.15, 0.2) is 53.1 Å². The molecule has 1 aromatic heterocycles. The van der Waals surface area contributed by atoms with E-state index in [2.05, 4.69) is 31.7 Å². The van der Waals surface area contributed by atoms with Crippen molar-refractivity contribution < 1.29 is 9.59 Å². The Morgan fingerprint density at radius 2 is 1.82 bits per heavy atom. The summed E-state index contributed by atoms with van der Waals surface area (Å²) in [5, 5.41) is 9.79. The Kier molecular flexibility index (Phi) is 5.94. The molecule has 0 saturated carbocycles. The van der Waals surface area contributed by atoms with E-state index in [1.54, 1.807) is 4.68 Å². The SMILES string of the molecule is Cc1cc(Br)ccc1NC(=O)CNC(=O)c1cnn(-c2ccccc2C)c1C. The Balaban J connectivity index is 1.65. The number of aryl methyl sites for hydroxylation is 2. The van der Waals surface area contributed by atoms with Gasteiger partial charge in [0.1, 0.15) is 0 Å². The number of hydrogen-bond acceptors (Lipinski definition) is 3. The van der Waals surface area contributed by atoms with Gasteiger partial charge in [-0.3, -0.25) is 9.59 Å². The third kappa shape index (κ3) is 4.31. The quantitative estimate of drug-likeness (QED) is 0.630. The molecule has 144 valence electrons. The van der Waals surface area contributed by atoms with Crippen molar-refractivity contribution >= 4 is 33.4 Å². The summed E-state index contributed by atoms with van der Waals surface area (Å²) < 4.78 is 2.67. The van der Waals surface area contributed by atoms with Crippen molar-refractivity contribution in [2.24, 2.45) is 0 Å². The maximum atomic E-state index is 12.5. The van der Waals surface area contributed by atoms with Crippen LogP contribution in [0.1, 0.15) is 27.2 Å². The van der Waals surface area contributed by atoms with Crippen LogP contribution in [0.5, 0.6) is 0 Å². The summed E-state index contributed by atoms with van der Waals surface area (Å²) in [4.78, 5) is 24.7. The Morgan fingerprint density at radius 1 is 1.07 bits per heavy atom. The van der Waals surface area contributed by atoms with Gasteiger partial charge in [0, 0.05) is 10.2 Å². The molecule has 2 amide bonds. The first-order valence-corrected chi connectivity index (χ1v) is 9.61. The lowest BCUT2D eigenvalue weighted by Crippen LogP contribution is -2.33. The van der Waals surface area contributed by atoms with Crippen LogP contribution in [0.3, 0.4) is 0 Å². The van der Waals surface area contributed by atoms with Crippen LogP contribution in [-0.2, 0) is 4.79 Å². The third-order valence-electron chi connectivity index (χ3n) is 4.47. The second-order valence-corrected chi connectivity index (χ2v) is 7.45. The first-order valence-electron chi connectivity index (χ1n) is 8.81. The molecule has 0 saturated heterocycles. The highest BCUT2D eigenvalue weighted by atomic mass is 79.9. The average molecular weight is 441 g/mol. The van der Waals surface area contributed by atoms with Gasteiger partial charge in [0.05, 0.1) is 29.7 Å². The van der Waals surface area contributed by atoms with Crippen LogP contribution in [0, 0.1) is 20.8 Å². The van der Waals surface area contributed by atoms with Crippen molar-refractivity contribution in [3.63, 3.8) is 0 Å². The molecule has 0 aliphatic heterocycles. The van der Waals surface area contributed by atoms with Crippen molar-refractivity contribution in [3.05, 3.63) is 75.5 Å². The maximum absolute atomic E-state index is 12.5. The van der Waals surface area contributed by atoms with E-state index in [0.717, 1.165) is 27.0 Å². The van der Waals surface area contributed by atoms with E-state index in [-0.39, 0.29) is 18.4 Å². The van der Waals surface area contributed by atoms with Gasteiger partial charge in [-0.2, -0.15) is 5.10 Å². The fourth-order valence-corrected chi connectivity index (χ4v) is 3.37. The molecule has 2 N–H and O–H groups in total. The maximum Gasteiger partial charge on any atom is 0.255 e. The predicted octanol–water partition coefficient (Wildman–Crippen LogP) is 3.93. The number of carbonyl (C=O) groups is 2. The number of rotatable bonds is 5. The highest BCUT2D eigenvalue weighted by molar-refractivity contribution is 9.10. The number of aromatic nitrogens is 2. The van der Waals surface area contributed by atoms with E-state index in [0.29, 0.717) is 11.3 Å². The molecule has 7 heteroatoms. The lowest BCUT2D eigenvalue weighted by molar-refractivity contribution is -0.115. The van der Waals surface area contributed by atoms with Gasteiger partial charge in [0.25, 0.3) is 5.91 Å². The van der Waals surface area contributed by atoms with Crippen LogP contribution in [0.25, 0.3) is 5.69 Å². The number of para-hydroxylation sites is 1. The minimum Gasteiger partial charge on any atom is -0.343 e. The van der Waals surface area contributed by atoms with Crippen molar-refractivity contribution in [2.45, 2.75) is 20.8 Å². The minimum absolute atomic E-state index is 0.122. The van der Waals surface area contributed by atoms with E-state index < -0.39 is 0 Å². The van der Waals surface area contributed by atoms with E-state index in [9.17, 15) is 9.59 Å². The second kappa shape index (κ2) is 8.39. The molecule has 1 heterocycles. The zero-order valence-electron chi connectivity index (χ0n) is 15.9. The fourth-order valence-electron chi connectivity index (χ4n) is 2.89. The van der Waals surface area contributed by atoms with Gasteiger partial charge in [0.2, 0.25) is 5.91 Å². The smallest absolute Gasteiger partial charge is 0.255 e. The predicted molar refractivity (Wildman–Crippen MR) is 113 cm³/mol. The summed E-state index contributed by atoms with van der Waals surface area (Å²) in [6.45, 7) is 5.61. The van der Waals surface area contributed by atoms with Crippen LogP contribution < -0.4 is 10.6 Å². The normalized spacial score (nSPS) is 10.6. The number of amides is 2. The van der Waals surface area contributed by atoms with E-state index in [1.165, 1.54) is 6.20 Å². The van der Waals surface area contributed by atoms with Crippen molar-refractivity contribution in [1.29, 1.82) is 0 Å². The molecule has 6 nitrogen and oxygen atoms in total. The van der Waals surface area contributed by atoms with Crippen molar-refractivity contribution in [2.75, 3.05) is 11.9 Å². The molecule has 3 aromatic rings. The summed E-state index contributed by atoms with van der Waals surface area (Å²) in [7, 11) is 0. The second-order valence-electron chi connectivity index (χ2n) is 6.53. The van der Waals surface area contributed by atoms with Crippen LogP contribution >= 0.6 is 15.9 Å². The third-order valence-corrected chi connectivity index (χ3v) is 4.96. The van der Waals surface area contributed by atoms with Gasteiger partial charge in [-0.25, -0.2) is 4.68 Å². The zero-order valence-corrected chi connectivity index (χ0v) is 17.5. The molecule has 0 bridgehead atoms. The zero-order chi connectivity index (χ0) is 20.3.